The molecular weight excluding hydrogens is 266 g/mol. The van der Waals surface area contributed by atoms with Crippen molar-refractivity contribution in [3.05, 3.63) is 18.2 Å². The van der Waals surface area contributed by atoms with Crippen LogP contribution in [0.3, 0.4) is 0 Å². The third-order valence-electron chi connectivity index (χ3n) is 5.84. The highest BCUT2D eigenvalue weighted by atomic mass is 16.5. The van der Waals surface area contributed by atoms with Gasteiger partial charge in [-0.3, -0.25) is 4.40 Å². The van der Waals surface area contributed by atoms with Crippen LogP contribution in [0.1, 0.15) is 18.7 Å². The molecule has 0 aromatic carbocycles. The predicted molar refractivity (Wildman–Crippen MR) is 77.2 cm³/mol. The molecule has 0 N–H and O–H groups in total. The van der Waals surface area contributed by atoms with Gasteiger partial charge in [0, 0.05) is 19.7 Å². The van der Waals surface area contributed by atoms with Crippen LogP contribution in [-0.2, 0) is 4.74 Å². The molecule has 3 aliphatic rings. The van der Waals surface area contributed by atoms with Crippen LogP contribution in [0.15, 0.2) is 12.4 Å². The number of fused-ring (bicyclic) bond motifs is 2. The first-order valence-electron chi connectivity index (χ1n) is 7.73. The van der Waals surface area contributed by atoms with Gasteiger partial charge in [0.1, 0.15) is 18.0 Å². The van der Waals surface area contributed by atoms with E-state index >= 15 is 0 Å². The molecule has 6 nitrogen and oxygen atoms in total. The molecule has 0 amide bonds. The van der Waals surface area contributed by atoms with E-state index < -0.39 is 0 Å². The first-order valence-corrected chi connectivity index (χ1v) is 7.73. The molecule has 3 heterocycles. The Bertz CT molecular complexity index is 711. The second-order valence-corrected chi connectivity index (χ2v) is 6.72. The summed E-state index contributed by atoms with van der Waals surface area (Å²) in [5.74, 6) is 4.26. The first kappa shape index (κ1) is 11.9. The van der Waals surface area contributed by atoms with Gasteiger partial charge in [-0.05, 0) is 37.5 Å². The van der Waals surface area contributed by atoms with E-state index in [-0.39, 0.29) is 0 Å². The van der Waals surface area contributed by atoms with Gasteiger partial charge in [-0.2, -0.15) is 0 Å². The van der Waals surface area contributed by atoms with Crippen molar-refractivity contribution < 1.29 is 4.74 Å². The molecule has 3 fully saturated rings. The number of hydrogen-bond acceptors (Lipinski definition) is 5. The largest absolute Gasteiger partial charge is 0.379 e. The number of aryl methyl sites for hydroxylation is 1. The summed E-state index contributed by atoms with van der Waals surface area (Å²) >= 11 is 0. The van der Waals surface area contributed by atoms with Crippen molar-refractivity contribution in [2.75, 3.05) is 18.6 Å². The van der Waals surface area contributed by atoms with Gasteiger partial charge in [0.25, 0.3) is 0 Å². The van der Waals surface area contributed by atoms with Gasteiger partial charge in [0.05, 0.1) is 12.1 Å². The van der Waals surface area contributed by atoms with Crippen molar-refractivity contribution in [3.63, 3.8) is 0 Å². The maximum atomic E-state index is 5.82. The number of hydrogen-bond donors (Lipinski definition) is 0. The molecule has 110 valence electrons. The normalized spacial score (nSPS) is 37.0. The number of aromatic nitrogens is 4. The van der Waals surface area contributed by atoms with E-state index in [9.17, 15) is 0 Å². The standard InChI is InChI=1S/C15H19N5O/c1-8-17-18-13-5-12(16-7-20(8)13)19-6-10-3-9-4-11(10)14(19)15(9)21-2/h5,7,9-11,14-15H,3-4,6H2,1-2H3. The van der Waals surface area contributed by atoms with Gasteiger partial charge in [-0.1, -0.05) is 0 Å². The molecule has 21 heavy (non-hydrogen) atoms. The lowest BCUT2D eigenvalue weighted by Crippen LogP contribution is -2.42. The molecule has 6 heteroatoms. The number of nitrogens with zero attached hydrogens (tertiary/aromatic N) is 5. The Labute approximate surface area is 123 Å². The smallest absolute Gasteiger partial charge is 0.165 e. The van der Waals surface area contributed by atoms with Crippen molar-refractivity contribution >= 4 is 11.5 Å². The number of anilines is 1. The first-order chi connectivity index (χ1) is 10.3. The Morgan fingerprint density at radius 1 is 1.24 bits per heavy atom. The topological polar surface area (TPSA) is 55.5 Å². The molecule has 5 rings (SSSR count). The molecule has 2 aromatic rings. The number of methoxy groups -OCH3 is 1. The van der Waals surface area contributed by atoms with E-state index in [1.807, 2.05) is 24.8 Å². The number of rotatable bonds is 2. The maximum absolute atomic E-state index is 5.82. The average Bonchev–Trinajstić information content (AvgIpc) is 3.19. The molecule has 1 saturated heterocycles. The zero-order chi connectivity index (χ0) is 14.1. The fourth-order valence-electron chi connectivity index (χ4n) is 5.04. The molecular formula is C15H19N5O. The minimum Gasteiger partial charge on any atom is -0.379 e. The summed E-state index contributed by atoms with van der Waals surface area (Å²) in [4.78, 5) is 7.12. The average molecular weight is 285 g/mol. The molecule has 2 saturated carbocycles. The molecule has 5 unspecified atom stereocenters. The third-order valence-corrected chi connectivity index (χ3v) is 5.84. The minimum atomic E-state index is 0.367. The summed E-state index contributed by atoms with van der Waals surface area (Å²) in [6.45, 7) is 3.06. The van der Waals surface area contributed by atoms with Crippen molar-refractivity contribution in [1.29, 1.82) is 0 Å². The summed E-state index contributed by atoms with van der Waals surface area (Å²) in [5.41, 5.74) is 0.875. The van der Waals surface area contributed by atoms with Crippen LogP contribution >= 0.6 is 0 Å². The van der Waals surface area contributed by atoms with Crippen molar-refractivity contribution in [3.8, 4) is 0 Å². The van der Waals surface area contributed by atoms with Crippen LogP contribution in [0.25, 0.3) is 5.65 Å². The van der Waals surface area contributed by atoms with Crippen molar-refractivity contribution in [1.82, 2.24) is 19.6 Å². The Kier molecular flexibility index (Phi) is 2.24. The fraction of sp³-hybridized carbons (Fsp3) is 0.667. The highest BCUT2D eigenvalue weighted by Gasteiger charge is 2.59. The molecule has 2 bridgehead atoms. The Morgan fingerprint density at radius 2 is 2.14 bits per heavy atom. The third kappa shape index (κ3) is 1.43. The van der Waals surface area contributed by atoms with E-state index in [4.69, 9.17) is 4.74 Å². The van der Waals surface area contributed by atoms with Gasteiger partial charge in [0.2, 0.25) is 0 Å². The van der Waals surface area contributed by atoms with Gasteiger partial charge in [-0.25, -0.2) is 4.98 Å². The Balaban J connectivity index is 1.57. The van der Waals surface area contributed by atoms with Crippen LogP contribution in [-0.4, -0.2) is 45.4 Å². The maximum Gasteiger partial charge on any atom is 0.165 e. The van der Waals surface area contributed by atoms with Crippen LogP contribution < -0.4 is 4.90 Å². The summed E-state index contributed by atoms with van der Waals surface area (Å²) < 4.78 is 7.75. The Morgan fingerprint density at radius 3 is 3.00 bits per heavy atom. The zero-order valence-corrected chi connectivity index (χ0v) is 12.3. The summed E-state index contributed by atoms with van der Waals surface area (Å²) in [5, 5.41) is 8.33. The Hall–Kier alpha value is -1.69. The van der Waals surface area contributed by atoms with Gasteiger partial charge >= 0.3 is 0 Å². The van der Waals surface area contributed by atoms with Crippen LogP contribution in [0.2, 0.25) is 0 Å². The number of ether oxygens (including phenoxy) is 1. The summed E-state index contributed by atoms with van der Waals surface area (Å²) in [7, 11) is 1.86. The molecule has 0 radical (unpaired) electrons. The van der Waals surface area contributed by atoms with Crippen LogP contribution in [0.4, 0.5) is 5.82 Å². The lowest BCUT2D eigenvalue weighted by atomic mass is 9.88. The van der Waals surface area contributed by atoms with Crippen molar-refractivity contribution in [2.24, 2.45) is 17.8 Å². The van der Waals surface area contributed by atoms with E-state index in [0.29, 0.717) is 12.1 Å². The van der Waals surface area contributed by atoms with E-state index in [1.165, 1.54) is 12.8 Å². The second kappa shape index (κ2) is 3.94. The van der Waals surface area contributed by atoms with Crippen LogP contribution in [0, 0.1) is 24.7 Å². The zero-order valence-electron chi connectivity index (χ0n) is 12.3. The highest BCUT2D eigenvalue weighted by Crippen LogP contribution is 2.56. The molecule has 0 spiro atoms. The highest BCUT2D eigenvalue weighted by molar-refractivity contribution is 5.53. The van der Waals surface area contributed by atoms with Crippen LogP contribution in [0.5, 0.6) is 0 Å². The monoisotopic (exact) mass is 285 g/mol. The quantitative estimate of drug-likeness (QED) is 0.832. The predicted octanol–water partition coefficient (Wildman–Crippen LogP) is 1.29. The SMILES string of the molecule is COC1C2CC3CN(c4cc5nnc(C)n5cn4)C1C3C2. The van der Waals surface area contributed by atoms with Gasteiger partial charge < -0.3 is 9.64 Å². The molecule has 5 atom stereocenters. The lowest BCUT2D eigenvalue weighted by Gasteiger charge is -2.31. The van der Waals surface area contributed by atoms with E-state index in [2.05, 4.69) is 26.1 Å². The summed E-state index contributed by atoms with van der Waals surface area (Å²) in [6, 6.07) is 2.56. The van der Waals surface area contributed by atoms with E-state index in [0.717, 1.165) is 41.6 Å². The molecule has 2 aliphatic carbocycles. The van der Waals surface area contributed by atoms with Gasteiger partial charge in [0.15, 0.2) is 5.65 Å². The molecule has 2 aromatic heterocycles. The minimum absolute atomic E-state index is 0.367. The lowest BCUT2D eigenvalue weighted by molar-refractivity contribution is 0.0446. The van der Waals surface area contributed by atoms with E-state index in [1.54, 1.807) is 0 Å². The molecule has 1 aliphatic heterocycles. The second-order valence-electron chi connectivity index (χ2n) is 6.72. The van der Waals surface area contributed by atoms with Gasteiger partial charge in [-0.15, -0.1) is 10.2 Å². The van der Waals surface area contributed by atoms with Crippen molar-refractivity contribution in [2.45, 2.75) is 31.9 Å². The fourth-order valence-corrected chi connectivity index (χ4v) is 5.04. The summed E-state index contributed by atoms with van der Waals surface area (Å²) in [6.07, 6.45) is 4.86.